The number of nitrogens with one attached hydrogen (secondary N) is 3. The Bertz CT molecular complexity index is 524. The van der Waals surface area contributed by atoms with Crippen molar-refractivity contribution in [3.05, 3.63) is 11.8 Å². The van der Waals surface area contributed by atoms with Gasteiger partial charge in [0.05, 0.1) is 6.20 Å². The summed E-state index contributed by atoms with van der Waals surface area (Å²) in [5, 5.41) is 9.82. The lowest BCUT2D eigenvalue weighted by Gasteiger charge is -2.09. The molecule has 1 aromatic heterocycles. The number of H-pyrrole nitrogens is 1. The van der Waals surface area contributed by atoms with Crippen molar-refractivity contribution in [3.63, 3.8) is 0 Å². The molecule has 0 bridgehead atoms. The predicted molar refractivity (Wildman–Crippen MR) is 73.1 cm³/mol. The molecule has 2 atom stereocenters. The summed E-state index contributed by atoms with van der Waals surface area (Å²) >= 11 is 0. The molecule has 3 N–H and O–H groups in total. The highest BCUT2D eigenvalue weighted by atomic mass is 32.2. The molecule has 0 radical (unpaired) electrons. The maximum Gasteiger partial charge on any atom is 0.258 e. The van der Waals surface area contributed by atoms with E-state index in [1.165, 1.54) is 0 Å². The van der Waals surface area contributed by atoms with Crippen molar-refractivity contribution in [2.24, 2.45) is 5.92 Å². The van der Waals surface area contributed by atoms with Crippen LogP contribution in [-0.2, 0) is 16.6 Å². The van der Waals surface area contributed by atoms with Gasteiger partial charge in [-0.2, -0.15) is 5.10 Å². The summed E-state index contributed by atoms with van der Waals surface area (Å²) < 4.78 is 27.3. The fraction of sp³-hybridized carbons (Fsp3) is 0.750. The van der Waals surface area contributed by atoms with Gasteiger partial charge in [0.25, 0.3) is 10.0 Å². The van der Waals surface area contributed by atoms with Crippen LogP contribution in [0.1, 0.15) is 39.2 Å². The molecular weight excluding hydrogens is 264 g/mol. The van der Waals surface area contributed by atoms with Gasteiger partial charge in [-0.05, 0) is 12.3 Å². The van der Waals surface area contributed by atoms with Crippen LogP contribution >= 0.6 is 0 Å². The highest BCUT2D eigenvalue weighted by Crippen LogP contribution is 2.34. The summed E-state index contributed by atoms with van der Waals surface area (Å²) in [4.78, 5) is 0. The molecule has 1 aliphatic rings. The van der Waals surface area contributed by atoms with Crippen molar-refractivity contribution in [2.75, 3.05) is 0 Å². The van der Waals surface area contributed by atoms with Crippen molar-refractivity contribution in [3.8, 4) is 0 Å². The number of hydrogen-bond donors (Lipinski definition) is 3. The monoisotopic (exact) mass is 286 g/mol. The molecule has 2 rings (SSSR count). The van der Waals surface area contributed by atoms with E-state index in [1.807, 2.05) is 13.8 Å². The highest BCUT2D eigenvalue weighted by molar-refractivity contribution is 7.89. The minimum atomic E-state index is -3.48. The number of sulfonamides is 1. The Morgan fingerprint density at radius 2 is 2.26 bits per heavy atom. The van der Waals surface area contributed by atoms with Crippen LogP contribution in [0.25, 0.3) is 0 Å². The van der Waals surface area contributed by atoms with Crippen LogP contribution in [0.5, 0.6) is 0 Å². The molecule has 0 spiro atoms. The average molecular weight is 286 g/mol. The van der Waals surface area contributed by atoms with Crippen LogP contribution in [0.15, 0.2) is 11.2 Å². The first-order valence-electron chi connectivity index (χ1n) is 6.72. The molecule has 7 heteroatoms. The van der Waals surface area contributed by atoms with Crippen molar-refractivity contribution in [1.82, 2.24) is 20.2 Å². The normalized spacial score (nSPS) is 22.9. The van der Waals surface area contributed by atoms with Gasteiger partial charge in [-0.1, -0.05) is 27.2 Å². The number of hydrogen-bond acceptors (Lipinski definition) is 4. The summed E-state index contributed by atoms with van der Waals surface area (Å²) in [5.41, 5.74) is 0.676. The minimum absolute atomic E-state index is 0.0872. The molecule has 1 fully saturated rings. The van der Waals surface area contributed by atoms with Gasteiger partial charge in [-0.15, -0.1) is 0 Å². The molecule has 2 unspecified atom stereocenters. The third-order valence-electron chi connectivity index (χ3n) is 3.40. The van der Waals surface area contributed by atoms with E-state index < -0.39 is 10.0 Å². The topological polar surface area (TPSA) is 86.9 Å². The van der Waals surface area contributed by atoms with Crippen LogP contribution in [-0.4, -0.2) is 30.7 Å². The number of nitrogens with zero attached hydrogens (tertiary/aromatic N) is 1. The Morgan fingerprint density at radius 3 is 2.84 bits per heavy atom. The first kappa shape index (κ1) is 14.5. The van der Waals surface area contributed by atoms with Crippen LogP contribution in [0.3, 0.4) is 0 Å². The Hall–Kier alpha value is -0.920. The van der Waals surface area contributed by atoms with Gasteiger partial charge in [0.1, 0.15) is 0 Å². The van der Waals surface area contributed by atoms with Crippen molar-refractivity contribution >= 4 is 10.0 Å². The number of aromatic amines is 1. The van der Waals surface area contributed by atoms with Gasteiger partial charge in [0.2, 0.25) is 0 Å². The van der Waals surface area contributed by atoms with Crippen molar-refractivity contribution in [1.29, 1.82) is 0 Å². The highest BCUT2D eigenvalue weighted by Gasteiger charge is 2.39. The minimum Gasteiger partial charge on any atom is -0.310 e. The van der Waals surface area contributed by atoms with Gasteiger partial charge >= 0.3 is 0 Å². The van der Waals surface area contributed by atoms with E-state index in [4.69, 9.17) is 0 Å². The standard InChI is InChI=1S/C12H22N4O2S/c1-4-9-5-11(9)16-19(17,18)12-10(7-14-15-12)6-13-8(2)3/h7-9,11,13,16H,4-6H2,1-3H3,(H,14,15). The SMILES string of the molecule is CCC1CC1NS(=O)(=O)c1[nH]ncc1CNC(C)C. The second kappa shape index (κ2) is 5.60. The maximum atomic E-state index is 12.3. The van der Waals surface area contributed by atoms with E-state index in [-0.39, 0.29) is 11.1 Å². The molecule has 6 nitrogen and oxygen atoms in total. The van der Waals surface area contributed by atoms with Gasteiger partial charge in [0, 0.05) is 24.2 Å². The second-order valence-corrected chi connectivity index (χ2v) is 7.04. The Morgan fingerprint density at radius 1 is 1.53 bits per heavy atom. The lowest BCUT2D eigenvalue weighted by atomic mass is 10.3. The Labute approximate surface area is 114 Å². The number of rotatable bonds is 7. The first-order chi connectivity index (χ1) is 8.94. The van der Waals surface area contributed by atoms with Gasteiger partial charge in [0.15, 0.2) is 5.03 Å². The molecule has 0 aromatic carbocycles. The van der Waals surface area contributed by atoms with E-state index in [2.05, 4.69) is 27.2 Å². The molecule has 1 heterocycles. The lowest BCUT2D eigenvalue weighted by molar-refractivity contribution is 0.561. The zero-order valence-corrected chi connectivity index (χ0v) is 12.4. The van der Waals surface area contributed by atoms with Crippen LogP contribution in [0, 0.1) is 5.92 Å². The Kier molecular flexibility index (Phi) is 4.27. The largest absolute Gasteiger partial charge is 0.310 e. The summed E-state index contributed by atoms with van der Waals surface area (Å²) in [6.07, 6.45) is 3.51. The molecule has 0 amide bonds. The van der Waals surface area contributed by atoms with Crippen LogP contribution in [0.4, 0.5) is 0 Å². The third kappa shape index (κ3) is 3.55. The van der Waals surface area contributed by atoms with E-state index in [9.17, 15) is 8.42 Å². The predicted octanol–water partition coefficient (Wildman–Crippen LogP) is 0.984. The smallest absolute Gasteiger partial charge is 0.258 e. The van der Waals surface area contributed by atoms with Gasteiger partial charge in [-0.25, -0.2) is 13.1 Å². The molecule has 108 valence electrons. The fourth-order valence-corrected chi connectivity index (χ4v) is 3.52. The van der Waals surface area contributed by atoms with Gasteiger partial charge < -0.3 is 5.32 Å². The van der Waals surface area contributed by atoms with Crippen LogP contribution < -0.4 is 10.0 Å². The summed E-state index contributed by atoms with van der Waals surface area (Å²) in [6.45, 7) is 6.60. The molecule has 0 saturated heterocycles. The zero-order valence-electron chi connectivity index (χ0n) is 11.6. The third-order valence-corrected chi connectivity index (χ3v) is 4.91. The van der Waals surface area contributed by atoms with E-state index in [1.54, 1.807) is 6.20 Å². The quantitative estimate of drug-likeness (QED) is 0.697. The van der Waals surface area contributed by atoms with E-state index in [0.717, 1.165) is 12.8 Å². The average Bonchev–Trinajstić information content (AvgIpc) is 2.89. The summed E-state index contributed by atoms with van der Waals surface area (Å²) in [5.74, 6) is 0.481. The number of aromatic nitrogens is 2. The summed E-state index contributed by atoms with van der Waals surface area (Å²) in [6, 6.07) is 0.385. The summed E-state index contributed by atoms with van der Waals surface area (Å²) in [7, 11) is -3.48. The Balaban J connectivity index is 2.06. The molecule has 1 saturated carbocycles. The van der Waals surface area contributed by atoms with Crippen molar-refractivity contribution < 1.29 is 8.42 Å². The van der Waals surface area contributed by atoms with Crippen LogP contribution in [0.2, 0.25) is 0 Å². The maximum absolute atomic E-state index is 12.3. The first-order valence-corrected chi connectivity index (χ1v) is 8.20. The fourth-order valence-electron chi connectivity index (χ4n) is 2.07. The van der Waals surface area contributed by atoms with E-state index in [0.29, 0.717) is 24.1 Å². The molecule has 0 aliphatic heterocycles. The second-order valence-electron chi connectivity index (χ2n) is 5.39. The molecule has 19 heavy (non-hydrogen) atoms. The van der Waals surface area contributed by atoms with E-state index >= 15 is 0 Å². The molecule has 1 aliphatic carbocycles. The van der Waals surface area contributed by atoms with Crippen molar-refractivity contribution in [2.45, 2.75) is 57.3 Å². The zero-order chi connectivity index (χ0) is 14.0. The lowest BCUT2D eigenvalue weighted by Crippen LogP contribution is -2.29. The van der Waals surface area contributed by atoms with Gasteiger partial charge in [-0.3, -0.25) is 5.10 Å². The molecular formula is C12H22N4O2S. The molecule has 1 aromatic rings.